The summed E-state index contributed by atoms with van der Waals surface area (Å²) in [6.45, 7) is 13.9. The molecule has 0 fully saturated rings. The molecule has 124 valence electrons. The van der Waals surface area contributed by atoms with E-state index in [9.17, 15) is 9.59 Å². The number of carboxylic acid groups (broad SMARTS) is 1. The minimum absolute atomic E-state index is 0.148. The summed E-state index contributed by atoms with van der Waals surface area (Å²) < 4.78 is 12.6. The Morgan fingerprint density at radius 2 is 1.24 bits per heavy atom. The summed E-state index contributed by atoms with van der Waals surface area (Å²) in [5.74, 6) is -0.591. The second kappa shape index (κ2) is 7.82. The fourth-order valence-electron chi connectivity index (χ4n) is 2.34. The average molecular weight is 351 g/mol. The highest BCUT2D eigenvalue weighted by Gasteiger charge is 2.39. The van der Waals surface area contributed by atoms with E-state index in [1.54, 1.807) is 6.92 Å². The van der Waals surface area contributed by atoms with Crippen LogP contribution in [0, 0.1) is 0 Å². The summed E-state index contributed by atoms with van der Waals surface area (Å²) in [4.78, 5) is 21.8. The van der Waals surface area contributed by atoms with Crippen molar-refractivity contribution in [1.82, 2.24) is 0 Å². The molecular weight excluding hydrogens is 320 g/mol. The van der Waals surface area contributed by atoms with Gasteiger partial charge in [0.05, 0.1) is 0 Å². The second-order valence-electron chi connectivity index (χ2n) is 7.22. The van der Waals surface area contributed by atoms with Crippen molar-refractivity contribution < 1.29 is 22.9 Å². The molecular formula is C13H30O5Si3. The Labute approximate surface area is 131 Å². The molecule has 0 aliphatic rings. The SMILES string of the molecule is CC(=O)CC[Si](C)(C)O[Si](C)(C)O[Si](C)(C)CCC(=O)O. The van der Waals surface area contributed by atoms with Gasteiger partial charge in [-0.2, -0.15) is 0 Å². The predicted octanol–water partition coefficient (Wildman–Crippen LogP) is 3.59. The summed E-state index contributed by atoms with van der Waals surface area (Å²) in [7, 11) is -6.26. The van der Waals surface area contributed by atoms with Crippen LogP contribution in [-0.4, -0.2) is 42.1 Å². The zero-order valence-electron chi connectivity index (χ0n) is 14.4. The monoisotopic (exact) mass is 350 g/mol. The maximum Gasteiger partial charge on any atom is 0.311 e. The summed E-state index contributed by atoms with van der Waals surface area (Å²) in [6, 6.07) is 1.40. The number of hydrogen-bond acceptors (Lipinski definition) is 4. The zero-order chi connectivity index (χ0) is 16.9. The molecule has 0 aliphatic heterocycles. The van der Waals surface area contributed by atoms with E-state index in [-0.39, 0.29) is 12.2 Å². The molecule has 1 N–H and O–H groups in total. The second-order valence-corrected chi connectivity index (χ2v) is 19.7. The maximum absolute atomic E-state index is 11.1. The third kappa shape index (κ3) is 11.0. The van der Waals surface area contributed by atoms with Crippen LogP contribution in [0.5, 0.6) is 0 Å². The van der Waals surface area contributed by atoms with E-state index in [1.165, 1.54) is 0 Å². The first-order chi connectivity index (χ1) is 9.25. The first-order valence-corrected chi connectivity index (χ1v) is 16.4. The van der Waals surface area contributed by atoms with Crippen LogP contribution in [0.4, 0.5) is 0 Å². The van der Waals surface area contributed by atoms with Gasteiger partial charge in [-0.25, -0.2) is 0 Å². The normalized spacial score (nSPS) is 13.3. The van der Waals surface area contributed by atoms with Gasteiger partial charge in [-0.1, -0.05) is 0 Å². The van der Waals surface area contributed by atoms with Crippen LogP contribution in [0.3, 0.4) is 0 Å². The fourth-order valence-corrected chi connectivity index (χ4v) is 16.1. The van der Waals surface area contributed by atoms with Crippen LogP contribution in [0.2, 0.25) is 51.4 Å². The van der Waals surface area contributed by atoms with Gasteiger partial charge in [0.25, 0.3) is 0 Å². The third-order valence-electron chi connectivity index (χ3n) is 3.06. The molecule has 0 aromatic heterocycles. The smallest absolute Gasteiger partial charge is 0.311 e. The van der Waals surface area contributed by atoms with Gasteiger partial charge >= 0.3 is 14.5 Å². The van der Waals surface area contributed by atoms with Crippen molar-refractivity contribution in [3.8, 4) is 0 Å². The minimum atomic E-state index is -2.30. The van der Waals surface area contributed by atoms with Crippen molar-refractivity contribution in [3.05, 3.63) is 0 Å². The van der Waals surface area contributed by atoms with E-state index in [4.69, 9.17) is 13.3 Å². The molecule has 0 unspecified atom stereocenters. The van der Waals surface area contributed by atoms with Gasteiger partial charge < -0.3 is 18.1 Å². The summed E-state index contributed by atoms with van der Waals surface area (Å²) in [5.41, 5.74) is 0. The highest BCUT2D eigenvalue weighted by atomic mass is 28.5. The van der Waals surface area contributed by atoms with Crippen LogP contribution < -0.4 is 0 Å². The van der Waals surface area contributed by atoms with Gasteiger partial charge in [0.2, 0.25) is 0 Å². The van der Waals surface area contributed by atoms with Crippen LogP contribution in [0.15, 0.2) is 0 Å². The Balaban J connectivity index is 4.59. The number of aliphatic carboxylic acids is 1. The lowest BCUT2D eigenvalue weighted by molar-refractivity contribution is -0.136. The third-order valence-corrected chi connectivity index (χ3v) is 14.3. The van der Waals surface area contributed by atoms with E-state index >= 15 is 0 Å². The molecule has 8 heteroatoms. The Morgan fingerprint density at radius 3 is 1.57 bits per heavy atom. The van der Waals surface area contributed by atoms with Crippen molar-refractivity contribution in [3.63, 3.8) is 0 Å². The molecule has 0 aliphatic carbocycles. The van der Waals surface area contributed by atoms with Gasteiger partial charge in [0.1, 0.15) is 5.78 Å². The highest BCUT2D eigenvalue weighted by molar-refractivity contribution is 6.87. The Bertz CT molecular complexity index is 346. The molecule has 0 spiro atoms. The average Bonchev–Trinajstić information content (AvgIpc) is 2.21. The van der Waals surface area contributed by atoms with Gasteiger partial charge in [0, 0.05) is 12.8 Å². The Morgan fingerprint density at radius 1 is 0.857 bits per heavy atom. The molecule has 0 saturated carbocycles. The highest BCUT2D eigenvalue weighted by Crippen LogP contribution is 2.26. The Kier molecular flexibility index (Phi) is 7.71. The minimum Gasteiger partial charge on any atom is -0.481 e. The Hall–Kier alpha value is -0.289. The lowest BCUT2D eigenvalue weighted by Crippen LogP contribution is -2.52. The number of Topliss-reactive ketones (excluding diaryl/α,β-unsaturated/α-hetero) is 1. The number of carboxylic acids is 1. The first kappa shape index (κ1) is 20.7. The summed E-state index contributed by atoms with van der Waals surface area (Å²) >= 11 is 0. The summed E-state index contributed by atoms with van der Waals surface area (Å²) in [5, 5.41) is 8.81. The van der Waals surface area contributed by atoms with Gasteiger partial charge in [-0.15, -0.1) is 0 Å². The summed E-state index contributed by atoms with van der Waals surface area (Å²) in [6.07, 6.45) is 0.707. The van der Waals surface area contributed by atoms with E-state index < -0.39 is 31.2 Å². The number of ketones is 1. The van der Waals surface area contributed by atoms with Crippen LogP contribution >= 0.6 is 0 Å². The molecule has 5 nitrogen and oxygen atoms in total. The van der Waals surface area contributed by atoms with Crippen molar-refractivity contribution in [1.29, 1.82) is 0 Å². The molecule has 0 radical (unpaired) electrons. The van der Waals surface area contributed by atoms with Crippen LogP contribution in [-0.2, 0) is 17.8 Å². The quantitative estimate of drug-likeness (QED) is 0.610. The van der Waals surface area contributed by atoms with Crippen molar-refractivity contribution in [2.45, 2.75) is 71.1 Å². The molecule has 0 heterocycles. The molecule has 0 rings (SSSR count). The van der Waals surface area contributed by atoms with E-state index in [1.807, 2.05) is 26.2 Å². The van der Waals surface area contributed by atoms with Crippen molar-refractivity contribution in [2.75, 3.05) is 0 Å². The molecule has 0 aromatic rings. The number of carbonyl (C=O) groups excluding carboxylic acids is 1. The molecule has 0 amide bonds. The van der Waals surface area contributed by atoms with Gasteiger partial charge in [-0.3, -0.25) is 4.79 Å². The topological polar surface area (TPSA) is 72.8 Å². The number of carbonyl (C=O) groups is 2. The maximum atomic E-state index is 11.1. The lowest BCUT2D eigenvalue weighted by Gasteiger charge is -2.38. The zero-order valence-corrected chi connectivity index (χ0v) is 17.4. The molecule has 0 aromatic carbocycles. The van der Waals surface area contributed by atoms with Crippen molar-refractivity contribution in [2.24, 2.45) is 0 Å². The fraction of sp³-hybridized carbons (Fsp3) is 0.846. The van der Waals surface area contributed by atoms with E-state index in [0.29, 0.717) is 12.5 Å². The van der Waals surface area contributed by atoms with E-state index in [0.717, 1.165) is 6.04 Å². The van der Waals surface area contributed by atoms with Gasteiger partial charge in [0.15, 0.2) is 16.6 Å². The largest absolute Gasteiger partial charge is 0.481 e. The predicted molar refractivity (Wildman–Crippen MR) is 91.8 cm³/mol. The van der Waals surface area contributed by atoms with Crippen LogP contribution in [0.1, 0.15) is 19.8 Å². The van der Waals surface area contributed by atoms with Gasteiger partial charge in [-0.05, 0) is 58.3 Å². The van der Waals surface area contributed by atoms with Crippen molar-refractivity contribution >= 4 is 36.9 Å². The molecule has 21 heavy (non-hydrogen) atoms. The number of rotatable bonds is 10. The molecule has 0 atom stereocenters. The first-order valence-electron chi connectivity index (χ1n) is 7.36. The van der Waals surface area contributed by atoms with Crippen LogP contribution in [0.25, 0.3) is 0 Å². The lowest BCUT2D eigenvalue weighted by atomic mass is 10.4. The number of hydrogen-bond donors (Lipinski definition) is 1. The standard InChI is InChI=1S/C13H30O5Si3/c1-12(14)8-10-19(2,3)17-21(6,7)18-20(4,5)11-9-13(15)16/h8-11H2,1-7H3,(H,15,16). The van der Waals surface area contributed by atoms with E-state index in [2.05, 4.69) is 13.1 Å². The molecule has 0 bridgehead atoms. The molecule has 0 saturated heterocycles.